The fourth-order valence-corrected chi connectivity index (χ4v) is 4.71. The van der Waals surface area contributed by atoms with Crippen molar-refractivity contribution in [2.24, 2.45) is 5.92 Å². The number of hydrogen-bond acceptors (Lipinski definition) is 6. The maximum Gasteiger partial charge on any atom is 0.407 e. The quantitative estimate of drug-likeness (QED) is 0.427. The first kappa shape index (κ1) is 23.4. The van der Waals surface area contributed by atoms with Gasteiger partial charge in [0, 0.05) is 23.8 Å². The number of nitrogens with zero attached hydrogens (tertiary/aromatic N) is 1. The summed E-state index contributed by atoms with van der Waals surface area (Å²) in [4.78, 5) is 39.3. The van der Waals surface area contributed by atoms with Gasteiger partial charge in [-0.3, -0.25) is 4.79 Å². The predicted molar refractivity (Wildman–Crippen MR) is 128 cm³/mol. The zero-order valence-corrected chi connectivity index (χ0v) is 19.4. The van der Waals surface area contributed by atoms with Crippen molar-refractivity contribution in [2.75, 3.05) is 13.2 Å². The molecule has 0 aliphatic heterocycles. The van der Waals surface area contributed by atoms with Crippen LogP contribution in [0.3, 0.4) is 0 Å². The molecule has 1 heterocycles. The van der Waals surface area contributed by atoms with Crippen molar-refractivity contribution in [1.29, 1.82) is 0 Å². The molecule has 3 N–H and O–H groups in total. The van der Waals surface area contributed by atoms with Gasteiger partial charge in [0.1, 0.15) is 11.6 Å². The number of alkyl carbamates (subject to hydrolysis) is 1. The fraction of sp³-hybridized carbons (Fsp3) is 0.280. The van der Waals surface area contributed by atoms with Crippen LogP contribution in [0.1, 0.15) is 45.9 Å². The predicted octanol–water partition coefficient (Wildman–Crippen LogP) is 4.02. The van der Waals surface area contributed by atoms with E-state index in [2.05, 4.69) is 39.9 Å². The lowest BCUT2D eigenvalue weighted by Gasteiger charge is -2.15. The Morgan fingerprint density at radius 2 is 1.71 bits per heavy atom. The number of nitrogens with one attached hydrogen (secondary N) is 2. The Kier molecular flexibility index (Phi) is 7.22. The molecule has 2 aromatic carbocycles. The number of fused-ring (bicyclic) bond motifs is 3. The van der Waals surface area contributed by atoms with Gasteiger partial charge in [0.2, 0.25) is 5.91 Å². The number of carbonyl (C=O) groups excluding carboxylic acids is 2. The van der Waals surface area contributed by atoms with Crippen molar-refractivity contribution in [2.45, 2.75) is 25.8 Å². The van der Waals surface area contributed by atoms with Crippen molar-refractivity contribution in [3.8, 4) is 11.1 Å². The first-order chi connectivity index (χ1) is 16.4. The summed E-state index contributed by atoms with van der Waals surface area (Å²) in [6.07, 6.45) is -0.0766. The smallest absolute Gasteiger partial charge is 0.407 e. The molecule has 176 valence electrons. The number of thiazole rings is 1. The Morgan fingerprint density at radius 3 is 2.32 bits per heavy atom. The molecule has 1 unspecified atom stereocenters. The summed E-state index contributed by atoms with van der Waals surface area (Å²) in [7, 11) is 0. The maximum absolute atomic E-state index is 12.3. The van der Waals surface area contributed by atoms with Crippen LogP contribution in [0, 0.1) is 5.92 Å². The first-order valence-corrected chi connectivity index (χ1v) is 11.9. The Balaban J connectivity index is 1.20. The molecule has 0 saturated heterocycles. The molecule has 4 rings (SSSR count). The minimum absolute atomic E-state index is 0.00430. The number of ether oxygens (including phenoxy) is 1. The molecule has 34 heavy (non-hydrogen) atoms. The van der Waals surface area contributed by atoms with E-state index in [0.717, 1.165) is 11.1 Å². The van der Waals surface area contributed by atoms with Crippen LogP contribution in [-0.2, 0) is 16.1 Å². The van der Waals surface area contributed by atoms with Gasteiger partial charge in [0.05, 0.1) is 6.54 Å². The van der Waals surface area contributed by atoms with Crippen LogP contribution in [0.5, 0.6) is 0 Å². The summed E-state index contributed by atoms with van der Waals surface area (Å²) < 4.78 is 5.50. The lowest BCUT2D eigenvalue weighted by Crippen LogP contribution is -2.33. The molecular weight excluding hydrogens is 454 g/mol. The Labute approximate surface area is 201 Å². The topological polar surface area (TPSA) is 118 Å². The third-order valence-electron chi connectivity index (χ3n) is 5.82. The van der Waals surface area contributed by atoms with Gasteiger partial charge in [0.15, 0.2) is 5.69 Å². The van der Waals surface area contributed by atoms with Crippen LogP contribution >= 0.6 is 11.3 Å². The Morgan fingerprint density at radius 1 is 1.06 bits per heavy atom. The number of carboxylic acids is 1. The molecular formula is C25H25N3O5S. The summed E-state index contributed by atoms with van der Waals surface area (Å²) in [6, 6.07) is 16.3. The van der Waals surface area contributed by atoms with Crippen molar-refractivity contribution >= 4 is 29.3 Å². The van der Waals surface area contributed by atoms with E-state index in [-0.39, 0.29) is 36.6 Å². The van der Waals surface area contributed by atoms with E-state index in [1.54, 1.807) is 6.92 Å². The molecule has 9 heteroatoms. The summed E-state index contributed by atoms with van der Waals surface area (Å²) in [6.45, 7) is 2.47. The van der Waals surface area contributed by atoms with Crippen LogP contribution < -0.4 is 10.6 Å². The number of carboxylic acid groups (broad SMARTS) is 1. The van der Waals surface area contributed by atoms with Gasteiger partial charge in [-0.25, -0.2) is 14.6 Å². The standard InChI is InChI=1S/C25H25N3O5S/c1-15(23(29)27-12-22-28-21(14-34-22)24(30)31)10-11-26-25(32)33-13-20-18-8-4-2-6-16(18)17-7-3-5-9-19(17)20/h2-9,14-15,20H,10-13H2,1H3,(H,26,32)(H,27,29)(H,30,31). The van der Waals surface area contributed by atoms with Gasteiger partial charge in [0.25, 0.3) is 0 Å². The molecule has 3 aromatic rings. The summed E-state index contributed by atoms with van der Waals surface area (Å²) >= 11 is 1.18. The van der Waals surface area contributed by atoms with Crippen LogP contribution in [0.2, 0.25) is 0 Å². The molecule has 0 radical (unpaired) electrons. The van der Waals surface area contributed by atoms with Crippen LogP contribution in [-0.4, -0.2) is 41.2 Å². The third-order valence-corrected chi connectivity index (χ3v) is 6.67. The highest BCUT2D eigenvalue weighted by Crippen LogP contribution is 2.44. The lowest BCUT2D eigenvalue weighted by molar-refractivity contribution is -0.124. The van der Waals surface area contributed by atoms with Crippen molar-refractivity contribution in [3.05, 3.63) is 75.7 Å². The minimum Gasteiger partial charge on any atom is -0.476 e. The number of amides is 2. The van der Waals surface area contributed by atoms with E-state index in [4.69, 9.17) is 9.84 Å². The normalized spacial score (nSPS) is 13.0. The van der Waals surface area contributed by atoms with Crippen LogP contribution in [0.15, 0.2) is 53.9 Å². The highest BCUT2D eigenvalue weighted by molar-refractivity contribution is 7.09. The lowest BCUT2D eigenvalue weighted by atomic mass is 9.98. The molecule has 0 spiro atoms. The summed E-state index contributed by atoms with van der Waals surface area (Å²) in [5, 5.41) is 16.3. The monoisotopic (exact) mass is 479 g/mol. The average Bonchev–Trinajstić information content (AvgIpc) is 3.44. The van der Waals surface area contributed by atoms with E-state index >= 15 is 0 Å². The van der Waals surface area contributed by atoms with Gasteiger partial charge >= 0.3 is 12.1 Å². The SMILES string of the molecule is CC(CCNC(=O)OCC1c2ccccc2-c2ccccc21)C(=O)NCc1nc(C(=O)O)cs1. The molecule has 2 amide bonds. The van der Waals surface area contributed by atoms with Gasteiger partial charge < -0.3 is 20.5 Å². The molecule has 1 aromatic heterocycles. The Bertz CT molecular complexity index is 1160. The first-order valence-electron chi connectivity index (χ1n) is 11.0. The fourth-order valence-electron chi connectivity index (χ4n) is 4.00. The molecule has 0 bridgehead atoms. The van der Waals surface area contributed by atoms with Crippen molar-refractivity contribution in [1.82, 2.24) is 15.6 Å². The van der Waals surface area contributed by atoms with Crippen LogP contribution in [0.4, 0.5) is 4.79 Å². The van der Waals surface area contributed by atoms with E-state index in [0.29, 0.717) is 18.0 Å². The molecule has 8 nitrogen and oxygen atoms in total. The largest absolute Gasteiger partial charge is 0.476 e. The van der Waals surface area contributed by atoms with Gasteiger partial charge in [-0.05, 0) is 28.7 Å². The highest BCUT2D eigenvalue weighted by Gasteiger charge is 2.29. The van der Waals surface area contributed by atoms with E-state index in [1.807, 2.05) is 24.3 Å². The van der Waals surface area contributed by atoms with E-state index < -0.39 is 12.1 Å². The third kappa shape index (κ3) is 5.26. The molecule has 1 aliphatic rings. The maximum atomic E-state index is 12.3. The molecule has 0 saturated carbocycles. The molecule has 1 atom stereocenters. The number of aromatic carboxylic acids is 1. The average molecular weight is 480 g/mol. The number of rotatable bonds is 9. The second kappa shape index (κ2) is 10.5. The Hall–Kier alpha value is -3.72. The molecule has 0 fully saturated rings. The van der Waals surface area contributed by atoms with Gasteiger partial charge in [-0.2, -0.15) is 0 Å². The van der Waals surface area contributed by atoms with Crippen molar-refractivity contribution in [3.63, 3.8) is 0 Å². The van der Waals surface area contributed by atoms with Crippen molar-refractivity contribution < 1.29 is 24.2 Å². The number of carbonyl (C=O) groups is 3. The zero-order valence-electron chi connectivity index (χ0n) is 18.6. The number of hydrogen-bond donors (Lipinski definition) is 3. The van der Waals surface area contributed by atoms with E-state index in [1.165, 1.54) is 27.8 Å². The van der Waals surface area contributed by atoms with E-state index in [9.17, 15) is 14.4 Å². The zero-order chi connectivity index (χ0) is 24.1. The summed E-state index contributed by atoms with van der Waals surface area (Å²) in [5.41, 5.74) is 4.61. The summed E-state index contributed by atoms with van der Waals surface area (Å²) in [5.74, 6) is -1.63. The highest BCUT2D eigenvalue weighted by atomic mass is 32.1. The minimum atomic E-state index is -1.10. The second-order valence-corrected chi connectivity index (χ2v) is 9.03. The second-order valence-electron chi connectivity index (χ2n) is 8.09. The molecule has 1 aliphatic carbocycles. The van der Waals surface area contributed by atoms with Gasteiger partial charge in [-0.1, -0.05) is 55.5 Å². The number of aromatic nitrogens is 1. The van der Waals surface area contributed by atoms with Gasteiger partial charge in [-0.15, -0.1) is 11.3 Å². The van der Waals surface area contributed by atoms with Crippen LogP contribution in [0.25, 0.3) is 11.1 Å². The number of benzene rings is 2.